The molecule has 0 saturated heterocycles. The molecule has 0 saturated carbocycles. The molecule has 37 heavy (non-hydrogen) atoms. The van der Waals surface area contributed by atoms with Crippen LogP contribution < -0.4 is 0 Å². The summed E-state index contributed by atoms with van der Waals surface area (Å²) in [6, 6.07) is 19.9. The molecule has 0 unspecified atom stereocenters. The van der Waals surface area contributed by atoms with Gasteiger partial charge in [0.25, 0.3) is 0 Å². The van der Waals surface area contributed by atoms with E-state index in [0.29, 0.717) is 17.5 Å². The topological polar surface area (TPSA) is 0 Å². The van der Waals surface area contributed by atoms with Gasteiger partial charge in [-0.2, -0.15) is 0 Å². The van der Waals surface area contributed by atoms with Gasteiger partial charge >= 0.3 is 0 Å². The van der Waals surface area contributed by atoms with Crippen LogP contribution >= 0.6 is 0 Å². The van der Waals surface area contributed by atoms with Gasteiger partial charge in [-0.3, -0.25) is 0 Å². The second-order valence-corrected chi connectivity index (χ2v) is 10.5. The van der Waals surface area contributed by atoms with Gasteiger partial charge in [0.05, 0.1) is 0 Å². The first-order valence-corrected chi connectivity index (χ1v) is 14.8. The highest BCUT2D eigenvalue weighted by molar-refractivity contribution is 5.71. The molecule has 0 nitrogen and oxygen atoms in total. The van der Waals surface area contributed by atoms with Crippen molar-refractivity contribution < 1.29 is 8.78 Å². The molecule has 0 radical (unpaired) electrons. The normalized spacial score (nSPS) is 11.2. The molecule has 3 aromatic carbocycles. The van der Waals surface area contributed by atoms with Gasteiger partial charge in [-0.25, -0.2) is 8.78 Å². The molecule has 0 aromatic heterocycles. The molecule has 0 aliphatic carbocycles. The Hall–Kier alpha value is -2.48. The Morgan fingerprint density at radius 2 is 0.973 bits per heavy atom. The average Bonchev–Trinajstić information content (AvgIpc) is 2.93. The highest BCUT2D eigenvalue weighted by atomic mass is 19.2. The van der Waals surface area contributed by atoms with Crippen molar-refractivity contribution in [2.75, 3.05) is 0 Å². The number of hydrogen-bond acceptors (Lipinski definition) is 0. The highest BCUT2D eigenvalue weighted by Gasteiger charge is 2.19. The van der Waals surface area contributed by atoms with Crippen molar-refractivity contribution in [2.45, 2.75) is 110 Å². The second-order valence-electron chi connectivity index (χ2n) is 10.5. The van der Waals surface area contributed by atoms with Gasteiger partial charge in [0.2, 0.25) is 0 Å². The van der Waals surface area contributed by atoms with Crippen molar-refractivity contribution in [3.05, 3.63) is 83.4 Å². The predicted octanol–water partition coefficient (Wildman–Crippen LogP) is 11.5. The molecule has 0 spiro atoms. The molecule has 0 heterocycles. The summed E-state index contributed by atoms with van der Waals surface area (Å²) in [7, 11) is 0. The van der Waals surface area contributed by atoms with Crippen LogP contribution in [0.25, 0.3) is 22.3 Å². The largest absolute Gasteiger partial charge is 0.203 e. The SMILES string of the molecule is CCCCCCCCCc1cc(-c2ccc(-c3ccccc3)cc2)c(F)c(F)c1CCCCCCCC. The molecule has 200 valence electrons. The van der Waals surface area contributed by atoms with Crippen LogP contribution in [0.15, 0.2) is 60.7 Å². The van der Waals surface area contributed by atoms with Gasteiger partial charge in [0.1, 0.15) is 0 Å². The number of benzene rings is 3. The maximum absolute atomic E-state index is 15.5. The Morgan fingerprint density at radius 1 is 0.486 bits per heavy atom. The van der Waals surface area contributed by atoms with Crippen LogP contribution in [0, 0.1) is 11.6 Å². The molecule has 0 N–H and O–H groups in total. The van der Waals surface area contributed by atoms with Crippen LogP contribution in [0.5, 0.6) is 0 Å². The fraction of sp³-hybridized carbons (Fsp3) is 0.486. The van der Waals surface area contributed by atoms with Crippen molar-refractivity contribution in [2.24, 2.45) is 0 Å². The maximum Gasteiger partial charge on any atom is 0.166 e. The predicted molar refractivity (Wildman–Crippen MR) is 156 cm³/mol. The van der Waals surface area contributed by atoms with E-state index in [1.165, 1.54) is 57.8 Å². The van der Waals surface area contributed by atoms with Gasteiger partial charge in [-0.05, 0) is 59.6 Å². The van der Waals surface area contributed by atoms with Crippen molar-refractivity contribution in [3.63, 3.8) is 0 Å². The molecule has 3 rings (SSSR count). The summed E-state index contributed by atoms with van der Waals surface area (Å²) in [4.78, 5) is 0. The van der Waals surface area contributed by atoms with Crippen molar-refractivity contribution in [1.29, 1.82) is 0 Å². The lowest BCUT2D eigenvalue weighted by molar-refractivity contribution is 0.493. The summed E-state index contributed by atoms with van der Waals surface area (Å²) < 4.78 is 30.9. The lowest BCUT2D eigenvalue weighted by Crippen LogP contribution is -2.05. The molecule has 0 aliphatic heterocycles. The van der Waals surface area contributed by atoms with Crippen LogP contribution in [0.1, 0.15) is 108 Å². The zero-order valence-electron chi connectivity index (χ0n) is 23.1. The van der Waals surface area contributed by atoms with Crippen molar-refractivity contribution in [1.82, 2.24) is 0 Å². The first-order chi connectivity index (χ1) is 18.2. The van der Waals surface area contributed by atoms with Crippen molar-refractivity contribution in [3.8, 4) is 22.3 Å². The quantitative estimate of drug-likeness (QED) is 0.160. The third kappa shape index (κ3) is 9.09. The molecule has 2 heteroatoms. The molecular weight excluding hydrogens is 458 g/mol. The van der Waals surface area contributed by atoms with Crippen molar-refractivity contribution >= 4 is 0 Å². The average molecular weight is 505 g/mol. The summed E-state index contributed by atoms with van der Waals surface area (Å²) >= 11 is 0. The maximum atomic E-state index is 15.5. The van der Waals surface area contributed by atoms with E-state index in [1.807, 2.05) is 48.5 Å². The third-order valence-electron chi connectivity index (χ3n) is 7.53. The minimum Gasteiger partial charge on any atom is -0.203 e. The van der Waals surface area contributed by atoms with E-state index < -0.39 is 11.6 Å². The van der Waals surface area contributed by atoms with Crippen LogP contribution in [-0.2, 0) is 12.8 Å². The smallest absolute Gasteiger partial charge is 0.166 e. The number of aryl methyl sites for hydroxylation is 1. The number of hydrogen-bond donors (Lipinski definition) is 0. The number of halogens is 2. The van der Waals surface area contributed by atoms with E-state index in [4.69, 9.17) is 0 Å². The second kappa shape index (κ2) is 16.4. The van der Waals surface area contributed by atoms with Crippen LogP contribution in [0.3, 0.4) is 0 Å². The fourth-order valence-corrected chi connectivity index (χ4v) is 5.25. The zero-order valence-corrected chi connectivity index (χ0v) is 23.1. The Morgan fingerprint density at radius 3 is 1.57 bits per heavy atom. The summed E-state index contributed by atoms with van der Waals surface area (Å²) in [5.74, 6) is -1.33. The molecule has 0 fully saturated rings. The summed E-state index contributed by atoms with van der Waals surface area (Å²) in [6.45, 7) is 4.45. The van der Waals surface area contributed by atoms with E-state index in [9.17, 15) is 0 Å². The van der Waals surface area contributed by atoms with E-state index in [0.717, 1.165) is 54.4 Å². The monoisotopic (exact) mass is 504 g/mol. The highest BCUT2D eigenvalue weighted by Crippen LogP contribution is 2.32. The van der Waals surface area contributed by atoms with E-state index in [2.05, 4.69) is 26.0 Å². The zero-order chi connectivity index (χ0) is 26.3. The standard InChI is InChI=1S/C35H46F2/c1-3-5-7-9-11-12-15-21-31-27-33(30-25-23-29(24-26-30)28-19-16-14-17-20-28)35(37)34(36)32(31)22-18-13-10-8-6-4-2/h14,16-17,19-20,23-27H,3-13,15,18,21-22H2,1-2H3. The summed E-state index contributed by atoms with van der Waals surface area (Å²) in [6.07, 6.45) is 16.9. The molecule has 0 aliphatic rings. The first kappa shape index (κ1) is 29.1. The lowest BCUT2D eigenvalue weighted by atomic mass is 9.91. The molecule has 0 bridgehead atoms. The van der Waals surface area contributed by atoms with Gasteiger partial charge in [0.15, 0.2) is 11.6 Å². The van der Waals surface area contributed by atoms with Crippen LogP contribution in [-0.4, -0.2) is 0 Å². The number of unbranched alkanes of at least 4 members (excludes halogenated alkanes) is 11. The van der Waals surface area contributed by atoms with E-state index >= 15 is 8.78 Å². The fourth-order valence-electron chi connectivity index (χ4n) is 5.25. The van der Waals surface area contributed by atoms with Crippen LogP contribution in [0.2, 0.25) is 0 Å². The third-order valence-corrected chi connectivity index (χ3v) is 7.53. The molecular formula is C35H46F2. The molecule has 3 aromatic rings. The van der Waals surface area contributed by atoms with E-state index in [-0.39, 0.29) is 0 Å². The van der Waals surface area contributed by atoms with Crippen LogP contribution in [0.4, 0.5) is 8.78 Å². The van der Waals surface area contributed by atoms with Gasteiger partial charge in [-0.15, -0.1) is 0 Å². The Labute approximate surface area is 224 Å². The number of rotatable bonds is 17. The van der Waals surface area contributed by atoms with Gasteiger partial charge in [0, 0.05) is 5.56 Å². The minimum absolute atomic E-state index is 0.391. The minimum atomic E-state index is -0.697. The Kier molecular flexibility index (Phi) is 12.9. The summed E-state index contributed by atoms with van der Waals surface area (Å²) in [5.41, 5.74) is 4.94. The van der Waals surface area contributed by atoms with Gasteiger partial charge < -0.3 is 0 Å². The summed E-state index contributed by atoms with van der Waals surface area (Å²) in [5, 5.41) is 0. The van der Waals surface area contributed by atoms with E-state index in [1.54, 1.807) is 0 Å². The molecule has 0 atom stereocenters. The lowest BCUT2D eigenvalue weighted by Gasteiger charge is -2.16. The molecule has 0 amide bonds. The Bertz CT molecular complexity index is 1040. The van der Waals surface area contributed by atoms with Gasteiger partial charge in [-0.1, -0.05) is 139 Å². The Balaban J connectivity index is 1.76. The first-order valence-electron chi connectivity index (χ1n) is 14.8.